The van der Waals surface area contributed by atoms with E-state index in [1.807, 2.05) is 44.2 Å². The normalized spacial score (nSPS) is 22.0. The molecule has 1 fully saturated rings. The lowest BCUT2D eigenvalue weighted by atomic mass is 10.1. The average molecular weight is 387 g/mol. The number of carbonyl (C=O) groups excluding carboxylic acids is 1. The second kappa shape index (κ2) is 7.40. The fourth-order valence-corrected chi connectivity index (χ4v) is 3.45. The van der Waals surface area contributed by atoms with Crippen molar-refractivity contribution in [2.45, 2.75) is 27.7 Å². The molecule has 0 N–H and O–H groups in total. The molecule has 1 aliphatic rings. The molecule has 0 heterocycles. The summed E-state index contributed by atoms with van der Waals surface area (Å²) in [4.78, 5) is 12.4. The van der Waals surface area contributed by atoms with Crippen LogP contribution in [0.5, 0.6) is 0 Å². The lowest BCUT2D eigenvalue weighted by Crippen LogP contribution is -2.12. The van der Waals surface area contributed by atoms with Crippen molar-refractivity contribution in [3.8, 4) is 12.3 Å². The minimum Gasteiger partial charge on any atom is -0.460 e. The zero-order chi connectivity index (χ0) is 17.9. The Kier molecular flexibility index (Phi) is 5.72. The highest BCUT2D eigenvalue weighted by atomic mass is 79.9. The highest BCUT2D eigenvalue weighted by Crippen LogP contribution is 2.59. The third-order valence-electron chi connectivity index (χ3n) is 4.50. The van der Waals surface area contributed by atoms with Gasteiger partial charge in [0, 0.05) is 4.48 Å². The SMILES string of the molecule is C#CC(COC(=O)C1C(C=C(C)C)C1(C)C)=C(Br)c1ccccc1. The Bertz CT molecular complexity index is 716. The smallest absolute Gasteiger partial charge is 0.310 e. The first-order valence-electron chi connectivity index (χ1n) is 8.01. The molecule has 3 heteroatoms. The van der Waals surface area contributed by atoms with Gasteiger partial charge in [-0.05, 0) is 46.7 Å². The molecular weight excluding hydrogens is 364 g/mol. The van der Waals surface area contributed by atoms with Crippen LogP contribution in [0.15, 0.2) is 47.6 Å². The van der Waals surface area contributed by atoms with E-state index in [1.165, 1.54) is 5.57 Å². The largest absolute Gasteiger partial charge is 0.460 e. The molecule has 2 atom stereocenters. The quantitative estimate of drug-likeness (QED) is 0.394. The van der Waals surface area contributed by atoms with Crippen molar-refractivity contribution in [3.63, 3.8) is 0 Å². The van der Waals surface area contributed by atoms with Gasteiger partial charge in [-0.1, -0.05) is 61.7 Å². The van der Waals surface area contributed by atoms with Gasteiger partial charge in [-0.25, -0.2) is 0 Å². The van der Waals surface area contributed by atoms with Crippen molar-refractivity contribution in [2.75, 3.05) is 6.61 Å². The molecule has 0 saturated heterocycles. The molecule has 0 radical (unpaired) electrons. The summed E-state index contributed by atoms with van der Waals surface area (Å²) in [5, 5.41) is 0. The van der Waals surface area contributed by atoms with Crippen LogP contribution in [0.2, 0.25) is 0 Å². The number of carbonyl (C=O) groups is 1. The first kappa shape index (κ1) is 18.5. The summed E-state index contributed by atoms with van der Waals surface area (Å²) in [6, 6.07) is 9.73. The molecule has 0 bridgehead atoms. The Hall–Kier alpha value is -1.79. The molecule has 0 amide bonds. The van der Waals surface area contributed by atoms with Crippen LogP contribution in [0, 0.1) is 29.6 Å². The fourth-order valence-electron chi connectivity index (χ4n) is 2.96. The summed E-state index contributed by atoms with van der Waals surface area (Å²) >= 11 is 3.52. The Labute approximate surface area is 153 Å². The molecule has 1 aromatic carbocycles. The molecule has 1 saturated carbocycles. The van der Waals surface area contributed by atoms with Crippen LogP contribution in [0.1, 0.15) is 33.3 Å². The number of benzene rings is 1. The third-order valence-corrected chi connectivity index (χ3v) is 5.44. The number of terminal acetylenes is 1. The van der Waals surface area contributed by atoms with Crippen LogP contribution in [-0.2, 0) is 9.53 Å². The topological polar surface area (TPSA) is 26.3 Å². The number of halogens is 1. The summed E-state index contributed by atoms with van der Waals surface area (Å²) in [5.41, 5.74) is 2.77. The molecule has 2 rings (SSSR count). The number of allylic oxidation sites excluding steroid dienone is 2. The second-order valence-electron chi connectivity index (χ2n) is 6.98. The van der Waals surface area contributed by atoms with Crippen LogP contribution in [0.25, 0.3) is 4.48 Å². The number of hydrogen-bond donors (Lipinski definition) is 0. The summed E-state index contributed by atoms with van der Waals surface area (Å²) in [5.74, 6) is 2.59. The monoisotopic (exact) mass is 386 g/mol. The van der Waals surface area contributed by atoms with Gasteiger partial charge in [-0.3, -0.25) is 4.79 Å². The van der Waals surface area contributed by atoms with E-state index >= 15 is 0 Å². The minimum atomic E-state index is -0.177. The average Bonchev–Trinajstić information content (AvgIpc) is 3.08. The molecule has 1 aromatic rings. The maximum absolute atomic E-state index is 12.4. The van der Waals surface area contributed by atoms with Gasteiger partial charge >= 0.3 is 5.97 Å². The van der Waals surface area contributed by atoms with Gasteiger partial charge in [0.15, 0.2) is 0 Å². The van der Waals surface area contributed by atoms with Gasteiger partial charge < -0.3 is 4.74 Å². The van der Waals surface area contributed by atoms with E-state index in [1.54, 1.807) is 0 Å². The fraction of sp³-hybridized carbons (Fsp3) is 0.381. The van der Waals surface area contributed by atoms with Gasteiger partial charge in [-0.15, -0.1) is 6.42 Å². The lowest BCUT2D eigenvalue weighted by molar-refractivity contribution is -0.145. The molecule has 1 aliphatic carbocycles. The zero-order valence-electron chi connectivity index (χ0n) is 14.6. The van der Waals surface area contributed by atoms with E-state index in [-0.39, 0.29) is 29.8 Å². The Morgan fingerprint density at radius 1 is 1.33 bits per heavy atom. The Morgan fingerprint density at radius 2 is 1.96 bits per heavy atom. The van der Waals surface area contributed by atoms with Crippen LogP contribution in [-0.4, -0.2) is 12.6 Å². The zero-order valence-corrected chi connectivity index (χ0v) is 16.2. The molecule has 0 spiro atoms. The number of ether oxygens (including phenoxy) is 1. The van der Waals surface area contributed by atoms with E-state index in [2.05, 4.69) is 41.8 Å². The number of esters is 1. The second-order valence-corrected chi connectivity index (χ2v) is 7.77. The third kappa shape index (κ3) is 3.99. The standard InChI is InChI=1S/C21H23BrO2/c1-6-15(19(22)16-10-8-7-9-11-16)13-24-20(23)18-17(12-14(2)3)21(18,4)5/h1,7-12,17-18H,13H2,2-5H3. The van der Waals surface area contributed by atoms with Gasteiger partial charge in [-0.2, -0.15) is 0 Å². The van der Waals surface area contributed by atoms with Crippen molar-refractivity contribution in [3.05, 3.63) is 53.1 Å². The van der Waals surface area contributed by atoms with Crippen molar-refractivity contribution in [1.29, 1.82) is 0 Å². The van der Waals surface area contributed by atoms with Gasteiger partial charge in [0.25, 0.3) is 0 Å². The molecule has 2 unspecified atom stereocenters. The van der Waals surface area contributed by atoms with Gasteiger partial charge in [0.1, 0.15) is 6.61 Å². The predicted molar refractivity (Wildman–Crippen MR) is 102 cm³/mol. The maximum Gasteiger partial charge on any atom is 0.310 e. The summed E-state index contributed by atoms with van der Waals surface area (Å²) < 4.78 is 6.30. The van der Waals surface area contributed by atoms with Crippen LogP contribution >= 0.6 is 15.9 Å². The Morgan fingerprint density at radius 3 is 2.50 bits per heavy atom. The Balaban J connectivity index is 2.06. The van der Waals surface area contributed by atoms with Crippen LogP contribution < -0.4 is 0 Å². The first-order chi connectivity index (χ1) is 11.3. The van der Waals surface area contributed by atoms with Crippen molar-refractivity contribution < 1.29 is 9.53 Å². The predicted octanol–water partition coefficient (Wildman–Crippen LogP) is 5.21. The summed E-state index contributed by atoms with van der Waals surface area (Å²) in [7, 11) is 0. The van der Waals surface area contributed by atoms with Crippen molar-refractivity contribution in [1.82, 2.24) is 0 Å². The highest BCUT2D eigenvalue weighted by Gasteiger charge is 2.61. The number of rotatable bonds is 5. The maximum atomic E-state index is 12.4. The minimum absolute atomic E-state index is 0.0506. The molecule has 0 aliphatic heterocycles. The molecular formula is C21H23BrO2. The highest BCUT2D eigenvalue weighted by molar-refractivity contribution is 9.15. The van der Waals surface area contributed by atoms with E-state index in [0.717, 1.165) is 10.0 Å². The summed E-state index contributed by atoms with van der Waals surface area (Å²) in [6.45, 7) is 8.40. The van der Waals surface area contributed by atoms with E-state index in [0.29, 0.717) is 5.57 Å². The van der Waals surface area contributed by atoms with Gasteiger partial charge in [0.2, 0.25) is 0 Å². The lowest BCUT2D eigenvalue weighted by Gasteiger charge is -2.08. The van der Waals surface area contributed by atoms with Crippen LogP contribution in [0.3, 0.4) is 0 Å². The van der Waals surface area contributed by atoms with E-state index in [9.17, 15) is 4.79 Å². The first-order valence-corrected chi connectivity index (χ1v) is 8.80. The van der Waals surface area contributed by atoms with Crippen molar-refractivity contribution >= 4 is 26.4 Å². The van der Waals surface area contributed by atoms with Crippen molar-refractivity contribution in [2.24, 2.45) is 17.3 Å². The molecule has 126 valence electrons. The molecule has 0 aromatic heterocycles. The van der Waals surface area contributed by atoms with Gasteiger partial charge in [0.05, 0.1) is 11.5 Å². The number of hydrogen-bond acceptors (Lipinski definition) is 2. The van der Waals surface area contributed by atoms with Crippen LogP contribution in [0.4, 0.5) is 0 Å². The molecule has 24 heavy (non-hydrogen) atoms. The summed E-state index contributed by atoms with van der Waals surface area (Å²) in [6.07, 6.45) is 7.75. The van der Waals surface area contributed by atoms with E-state index < -0.39 is 0 Å². The molecule has 2 nitrogen and oxygen atoms in total. The van der Waals surface area contributed by atoms with E-state index in [4.69, 9.17) is 11.2 Å².